The molecule has 0 fully saturated rings. The van der Waals surface area contributed by atoms with Crippen LogP contribution in [0, 0.1) is 6.92 Å². The van der Waals surface area contributed by atoms with E-state index in [9.17, 15) is 22.5 Å². The zero-order valence-electron chi connectivity index (χ0n) is 14.5. The molecule has 11 heteroatoms. The SMILES string of the molecule is Cc1c(OCC(F)(F)F)ccnc1CS(=O)c1nc2ccc([O-])cc2[nH]1.[K+]. The molecule has 1 aromatic carbocycles. The first-order chi connectivity index (χ1) is 12.2. The van der Waals surface area contributed by atoms with E-state index in [-0.39, 0.29) is 73.8 Å². The van der Waals surface area contributed by atoms with Crippen LogP contribution in [0.25, 0.3) is 11.0 Å². The molecule has 0 saturated heterocycles. The number of alkyl halides is 3. The van der Waals surface area contributed by atoms with Crippen LogP contribution >= 0.6 is 0 Å². The molecule has 0 aliphatic heterocycles. The van der Waals surface area contributed by atoms with Crippen molar-refractivity contribution in [3.8, 4) is 11.5 Å². The third kappa shape index (κ3) is 5.75. The van der Waals surface area contributed by atoms with E-state index in [2.05, 4.69) is 15.0 Å². The number of aromatic amines is 1. The maximum absolute atomic E-state index is 12.5. The van der Waals surface area contributed by atoms with Crippen molar-refractivity contribution in [2.45, 2.75) is 24.0 Å². The second-order valence-electron chi connectivity index (χ2n) is 5.50. The van der Waals surface area contributed by atoms with Gasteiger partial charge in [0.1, 0.15) is 5.75 Å². The molecule has 0 aliphatic carbocycles. The van der Waals surface area contributed by atoms with Gasteiger partial charge in [-0.05, 0) is 25.1 Å². The maximum Gasteiger partial charge on any atom is 1.00 e. The number of rotatable bonds is 5. The zero-order valence-corrected chi connectivity index (χ0v) is 18.4. The first-order valence-electron chi connectivity index (χ1n) is 7.42. The summed E-state index contributed by atoms with van der Waals surface area (Å²) in [6, 6.07) is 5.54. The minimum atomic E-state index is -4.45. The van der Waals surface area contributed by atoms with E-state index in [0.717, 1.165) is 0 Å². The van der Waals surface area contributed by atoms with Crippen molar-refractivity contribution in [3.05, 3.63) is 41.7 Å². The fraction of sp³-hybridized carbons (Fsp3) is 0.250. The Labute approximate surface area is 197 Å². The van der Waals surface area contributed by atoms with Crippen molar-refractivity contribution >= 4 is 21.8 Å². The summed E-state index contributed by atoms with van der Waals surface area (Å²) < 4.78 is 54.2. The van der Waals surface area contributed by atoms with Gasteiger partial charge >= 0.3 is 57.6 Å². The molecule has 1 unspecified atom stereocenters. The molecule has 6 nitrogen and oxygen atoms in total. The summed E-state index contributed by atoms with van der Waals surface area (Å²) in [6.45, 7) is 0.134. The number of nitrogens with zero attached hydrogens (tertiary/aromatic N) is 2. The van der Waals surface area contributed by atoms with Crippen LogP contribution in [0.15, 0.2) is 35.6 Å². The third-order valence-electron chi connectivity index (χ3n) is 3.57. The predicted molar refractivity (Wildman–Crippen MR) is 86.2 cm³/mol. The van der Waals surface area contributed by atoms with Gasteiger partial charge in [0.15, 0.2) is 11.8 Å². The molecule has 0 spiro atoms. The Bertz CT molecular complexity index is 978. The molecule has 0 aliphatic rings. The number of imidazole rings is 1. The predicted octanol–water partition coefficient (Wildman–Crippen LogP) is -0.407. The molecule has 138 valence electrons. The Kier molecular flexibility index (Phi) is 7.44. The number of pyridine rings is 1. The normalized spacial score (nSPS) is 12.6. The Morgan fingerprint density at radius 1 is 1.30 bits per heavy atom. The van der Waals surface area contributed by atoms with E-state index in [1.54, 1.807) is 6.92 Å². The van der Waals surface area contributed by atoms with Crippen LogP contribution in [0.4, 0.5) is 13.2 Å². The fourth-order valence-corrected chi connectivity index (χ4v) is 3.39. The zero-order chi connectivity index (χ0) is 18.9. The number of hydrogen-bond donors (Lipinski definition) is 1. The molecular formula is C16H13F3KN3O3S. The summed E-state index contributed by atoms with van der Waals surface area (Å²) in [7, 11) is -1.62. The Hall–Kier alpha value is -0.984. The third-order valence-corrected chi connectivity index (χ3v) is 4.73. The van der Waals surface area contributed by atoms with E-state index in [1.807, 2.05) is 0 Å². The van der Waals surface area contributed by atoms with Crippen LogP contribution in [0.3, 0.4) is 0 Å². The Morgan fingerprint density at radius 2 is 2.04 bits per heavy atom. The summed E-state index contributed by atoms with van der Waals surface area (Å²) in [5.41, 5.74) is 1.68. The van der Waals surface area contributed by atoms with Gasteiger partial charge in [0, 0.05) is 11.8 Å². The Morgan fingerprint density at radius 3 is 2.74 bits per heavy atom. The summed E-state index contributed by atoms with van der Waals surface area (Å²) in [4.78, 5) is 11.1. The average molecular weight is 423 g/mol. The minimum absolute atomic E-state index is 0. The van der Waals surface area contributed by atoms with E-state index in [0.29, 0.717) is 22.3 Å². The molecule has 2 aromatic heterocycles. The first-order valence-corrected chi connectivity index (χ1v) is 8.74. The average Bonchev–Trinajstić information content (AvgIpc) is 2.98. The molecule has 3 rings (SSSR count). The van der Waals surface area contributed by atoms with Gasteiger partial charge in [0.05, 0.1) is 33.3 Å². The Balaban J connectivity index is 0.00000261. The van der Waals surface area contributed by atoms with E-state index in [4.69, 9.17) is 4.74 Å². The summed E-state index contributed by atoms with van der Waals surface area (Å²) >= 11 is 0. The second kappa shape index (κ2) is 9.01. The summed E-state index contributed by atoms with van der Waals surface area (Å²) in [5.74, 6) is -0.227. The van der Waals surface area contributed by atoms with Crippen LogP contribution in [0.2, 0.25) is 0 Å². The van der Waals surface area contributed by atoms with Crippen molar-refractivity contribution in [3.63, 3.8) is 0 Å². The van der Waals surface area contributed by atoms with Crippen molar-refractivity contribution in [1.82, 2.24) is 15.0 Å². The molecule has 0 bridgehead atoms. The van der Waals surface area contributed by atoms with Gasteiger partial charge < -0.3 is 14.8 Å². The van der Waals surface area contributed by atoms with Gasteiger partial charge in [0.2, 0.25) is 0 Å². The molecule has 27 heavy (non-hydrogen) atoms. The standard InChI is InChI=1S/C16H14F3N3O3S.K/c1-9-13(20-5-4-14(9)25-8-16(17,18)19)7-26(24)15-21-11-3-2-10(23)6-12(11)22-15;/h2-6,23H,7-8H2,1H3,(H,21,22);/q;+1/p-1. The smallest absolute Gasteiger partial charge is 0.872 e. The number of fused-ring (bicyclic) bond motifs is 1. The molecule has 0 saturated carbocycles. The fourth-order valence-electron chi connectivity index (χ4n) is 2.29. The van der Waals surface area contributed by atoms with Crippen molar-refractivity contribution in [2.75, 3.05) is 6.61 Å². The summed E-state index contributed by atoms with van der Waals surface area (Å²) in [5, 5.41) is 11.5. The number of aromatic nitrogens is 3. The van der Waals surface area contributed by atoms with E-state index in [1.165, 1.54) is 30.5 Å². The van der Waals surface area contributed by atoms with Crippen LogP contribution in [0.5, 0.6) is 11.5 Å². The molecule has 2 heterocycles. The molecule has 1 atom stereocenters. The monoisotopic (exact) mass is 423 g/mol. The number of H-pyrrole nitrogens is 1. The summed E-state index contributed by atoms with van der Waals surface area (Å²) in [6.07, 6.45) is -3.15. The van der Waals surface area contributed by atoms with Gasteiger partial charge in [-0.3, -0.25) is 9.19 Å². The van der Waals surface area contributed by atoms with E-state index < -0.39 is 23.6 Å². The van der Waals surface area contributed by atoms with Crippen LogP contribution in [-0.4, -0.2) is 31.9 Å². The van der Waals surface area contributed by atoms with E-state index >= 15 is 0 Å². The van der Waals surface area contributed by atoms with Crippen LogP contribution < -0.4 is 61.2 Å². The number of nitrogens with one attached hydrogen (secondary N) is 1. The second-order valence-corrected chi connectivity index (χ2v) is 6.86. The maximum atomic E-state index is 12.5. The van der Waals surface area contributed by atoms with Crippen molar-refractivity contribution in [1.29, 1.82) is 0 Å². The topological polar surface area (TPSA) is 90.9 Å². The first kappa shape index (κ1) is 22.3. The van der Waals surface area contributed by atoms with Gasteiger partial charge in [-0.15, -0.1) is 5.75 Å². The van der Waals surface area contributed by atoms with Gasteiger partial charge in [0.25, 0.3) is 0 Å². The van der Waals surface area contributed by atoms with Gasteiger partial charge in [-0.1, -0.05) is 6.07 Å². The van der Waals surface area contributed by atoms with Crippen molar-refractivity contribution < 1.29 is 78.6 Å². The van der Waals surface area contributed by atoms with Crippen molar-refractivity contribution in [2.24, 2.45) is 0 Å². The van der Waals surface area contributed by atoms with Crippen LogP contribution in [-0.2, 0) is 16.6 Å². The number of ether oxygens (including phenoxy) is 1. The van der Waals surface area contributed by atoms with Crippen LogP contribution in [0.1, 0.15) is 11.3 Å². The quantitative estimate of drug-likeness (QED) is 0.564. The molecule has 0 amide bonds. The minimum Gasteiger partial charge on any atom is -0.872 e. The number of benzene rings is 1. The molecular weight excluding hydrogens is 410 g/mol. The molecule has 0 radical (unpaired) electrons. The largest absolute Gasteiger partial charge is 1.00 e. The number of halogens is 3. The number of hydrogen-bond acceptors (Lipinski definition) is 5. The molecule has 3 aromatic rings. The molecule has 1 N–H and O–H groups in total. The van der Waals surface area contributed by atoms with Gasteiger partial charge in [-0.25, -0.2) is 4.98 Å². The van der Waals surface area contributed by atoms with Gasteiger partial charge in [-0.2, -0.15) is 13.2 Å².